The van der Waals surface area contributed by atoms with Gasteiger partial charge in [-0.1, -0.05) is 6.07 Å². The summed E-state index contributed by atoms with van der Waals surface area (Å²) in [6.45, 7) is 2.81. The van der Waals surface area contributed by atoms with Crippen LogP contribution in [0.25, 0.3) is 0 Å². The van der Waals surface area contributed by atoms with Crippen molar-refractivity contribution in [3.63, 3.8) is 0 Å². The second kappa shape index (κ2) is 8.70. The van der Waals surface area contributed by atoms with E-state index in [9.17, 15) is 31.5 Å². The second-order valence-electron chi connectivity index (χ2n) is 9.13. The molecule has 0 radical (unpaired) electrons. The van der Waals surface area contributed by atoms with Gasteiger partial charge in [-0.3, -0.25) is 4.79 Å². The minimum atomic E-state index is -5.03. The molecule has 1 aromatic carbocycles. The van der Waals surface area contributed by atoms with E-state index in [0.717, 1.165) is 6.07 Å². The molecule has 34 heavy (non-hydrogen) atoms. The van der Waals surface area contributed by atoms with Crippen molar-refractivity contribution in [2.45, 2.75) is 44.3 Å². The van der Waals surface area contributed by atoms with E-state index < -0.39 is 40.8 Å². The lowest BCUT2D eigenvalue weighted by molar-refractivity contribution is -0.141. The number of nitrogens with zero attached hydrogens (tertiary/aromatic N) is 3. The van der Waals surface area contributed by atoms with E-state index in [1.807, 2.05) is 6.92 Å². The number of carbonyl (C=O) groups is 2. The first-order valence-corrected chi connectivity index (χ1v) is 11.0. The highest BCUT2D eigenvalue weighted by atomic mass is 19.4. The summed E-state index contributed by atoms with van der Waals surface area (Å²) in [4.78, 5) is 28.3. The molecular formula is C22H25F5N4O3. The number of hydrazone groups is 1. The van der Waals surface area contributed by atoms with Crippen LogP contribution in [0, 0.1) is 17.0 Å². The molecule has 2 amide bonds. The number of alkyl halides is 3. The van der Waals surface area contributed by atoms with Crippen LogP contribution in [0.3, 0.4) is 0 Å². The van der Waals surface area contributed by atoms with Crippen molar-refractivity contribution in [3.8, 4) is 0 Å². The van der Waals surface area contributed by atoms with Gasteiger partial charge >= 0.3 is 12.3 Å². The predicted molar refractivity (Wildman–Crippen MR) is 111 cm³/mol. The van der Waals surface area contributed by atoms with E-state index in [0.29, 0.717) is 19.0 Å². The third kappa shape index (κ3) is 4.07. The quantitative estimate of drug-likeness (QED) is 0.647. The molecule has 7 nitrogen and oxygen atoms in total. The Morgan fingerprint density at radius 2 is 1.76 bits per heavy atom. The zero-order valence-corrected chi connectivity index (χ0v) is 18.7. The number of hydrogen-bond acceptors (Lipinski definition) is 5. The minimum absolute atomic E-state index is 0.138. The van der Waals surface area contributed by atoms with Crippen LogP contribution in [0.4, 0.5) is 26.7 Å². The summed E-state index contributed by atoms with van der Waals surface area (Å²) in [5.41, 5.74) is 0.607. The van der Waals surface area contributed by atoms with Crippen molar-refractivity contribution in [3.05, 3.63) is 34.9 Å². The van der Waals surface area contributed by atoms with Gasteiger partial charge in [-0.25, -0.2) is 13.6 Å². The molecule has 2 saturated heterocycles. The van der Waals surface area contributed by atoms with Crippen molar-refractivity contribution in [1.29, 1.82) is 0 Å². The molecule has 0 aliphatic carbocycles. The number of methoxy groups -OCH3 is 1. The molecule has 0 aromatic heterocycles. The van der Waals surface area contributed by atoms with Gasteiger partial charge in [0.15, 0.2) is 11.6 Å². The summed E-state index contributed by atoms with van der Waals surface area (Å²) in [5.74, 6) is -4.48. The van der Waals surface area contributed by atoms with Crippen molar-refractivity contribution in [2.24, 2.45) is 10.5 Å². The van der Waals surface area contributed by atoms with Crippen molar-refractivity contribution < 1.29 is 36.3 Å². The van der Waals surface area contributed by atoms with Gasteiger partial charge in [0.1, 0.15) is 5.71 Å². The van der Waals surface area contributed by atoms with E-state index in [-0.39, 0.29) is 55.7 Å². The molecule has 1 aromatic rings. The Hall–Kier alpha value is -2.92. The van der Waals surface area contributed by atoms with Crippen LogP contribution in [-0.4, -0.2) is 66.8 Å². The molecule has 4 rings (SSSR count). The van der Waals surface area contributed by atoms with Gasteiger partial charge in [-0.05, 0) is 43.7 Å². The van der Waals surface area contributed by atoms with Gasteiger partial charge in [0.25, 0.3) is 5.91 Å². The second-order valence-corrected chi connectivity index (χ2v) is 9.13. The molecule has 1 N–H and O–H groups in total. The lowest BCUT2D eigenvalue weighted by atomic mass is 9.74. The molecule has 12 heteroatoms. The van der Waals surface area contributed by atoms with Gasteiger partial charge < -0.3 is 20.0 Å². The Labute approximate surface area is 192 Å². The molecule has 2 fully saturated rings. The lowest BCUT2D eigenvalue weighted by Gasteiger charge is -2.42. The fourth-order valence-electron chi connectivity index (χ4n) is 5.22. The number of hydrogen-bond donors (Lipinski definition) is 1. The summed E-state index contributed by atoms with van der Waals surface area (Å²) >= 11 is 0. The Balaban J connectivity index is 1.48. The summed E-state index contributed by atoms with van der Waals surface area (Å²) < 4.78 is 72.6. The Kier molecular flexibility index (Phi) is 6.19. The van der Waals surface area contributed by atoms with E-state index >= 15 is 0 Å². The number of amides is 2. The van der Waals surface area contributed by atoms with Crippen LogP contribution >= 0.6 is 0 Å². The summed E-state index contributed by atoms with van der Waals surface area (Å²) in [7, 11) is 1.28. The number of piperidine rings is 2. The van der Waals surface area contributed by atoms with Gasteiger partial charge in [-0.15, -0.1) is 0 Å². The maximum atomic E-state index is 14.0. The molecule has 0 saturated carbocycles. The molecule has 3 aliphatic rings. The molecule has 0 spiro atoms. The highest BCUT2D eigenvalue weighted by Crippen LogP contribution is 2.41. The van der Waals surface area contributed by atoms with E-state index in [2.05, 4.69) is 10.5 Å². The molecule has 3 aliphatic heterocycles. The number of likely N-dealkylation sites (tertiary alicyclic amines) is 2. The lowest BCUT2D eigenvalue weighted by Crippen LogP contribution is -2.58. The van der Waals surface area contributed by atoms with Crippen LogP contribution in [0.5, 0.6) is 0 Å². The van der Waals surface area contributed by atoms with E-state index in [1.54, 1.807) is 0 Å². The third-order valence-electron chi connectivity index (χ3n) is 7.12. The first kappa shape index (κ1) is 24.2. The zero-order valence-electron chi connectivity index (χ0n) is 18.7. The summed E-state index contributed by atoms with van der Waals surface area (Å²) in [5, 5.41) is 4.25. The third-order valence-corrected chi connectivity index (χ3v) is 7.12. The Morgan fingerprint density at radius 3 is 2.38 bits per heavy atom. The molecule has 186 valence electrons. The van der Waals surface area contributed by atoms with Gasteiger partial charge in [-0.2, -0.15) is 18.3 Å². The maximum Gasteiger partial charge on any atom is 0.419 e. The molecule has 2 unspecified atom stereocenters. The van der Waals surface area contributed by atoms with Crippen molar-refractivity contribution >= 4 is 17.7 Å². The largest absolute Gasteiger partial charge is 0.453 e. The van der Waals surface area contributed by atoms with Crippen LogP contribution in [0.15, 0.2) is 17.2 Å². The number of nitrogens with one attached hydrogen (secondary N) is 1. The van der Waals surface area contributed by atoms with Gasteiger partial charge in [0.05, 0.1) is 24.1 Å². The minimum Gasteiger partial charge on any atom is -0.453 e. The molecule has 0 bridgehead atoms. The van der Waals surface area contributed by atoms with Crippen molar-refractivity contribution in [2.75, 3.05) is 33.3 Å². The van der Waals surface area contributed by atoms with Crippen LogP contribution in [0.1, 0.15) is 43.2 Å². The summed E-state index contributed by atoms with van der Waals surface area (Å²) in [6.07, 6.45) is -4.63. The normalized spacial score (nSPS) is 25.5. The number of halogens is 5. The highest BCUT2D eigenvalue weighted by molar-refractivity contribution is 6.41. The monoisotopic (exact) mass is 488 g/mol. The average molecular weight is 488 g/mol. The SMILES string of the molecule is COC(=O)N1CCC2NN=C(C(=O)N3CCC(c4ccc(F)c(F)c4C(F)(F)F)CC3)C2(C)C1. The number of benzene rings is 1. The van der Waals surface area contributed by atoms with Crippen LogP contribution in [0.2, 0.25) is 0 Å². The zero-order chi connectivity index (χ0) is 24.8. The van der Waals surface area contributed by atoms with Crippen LogP contribution < -0.4 is 5.43 Å². The summed E-state index contributed by atoms with van der Waals surface area (Å²) in [6, 6.07) is 1.54. The maximum absolute atomic E-state index is 14.0. The first-order chi connectivity index (χ1) is 16.0. The first-order valence-electron chi connectivity index (χ1n) is 11.0. The molecule has 3 heterocycles. The Bertz CT molecular complexity index is 1020. The van der Waals surface area contributed by atoms with E-state index in [4.69, 9.17) is 4.74 Å². The van der Waals surface area contributed by atoms with Gasteiger partial charge in [0.2, 0.25) is 0 Å². The molecular weight excluding hydrogens is 463 g/mol. The number of carbonyl (C=O) groups excluding carboxylic acids is 2. The smallest absolute Gasteiger partial charge is 0.419 e. The number of ether oxygens (including phenoxy) is 1. The standard InChI is InChI=1S/C22H25F5N4O3/c1-21-11-31(20(33)34-2)10-7-15(21)28-29-18(21)19(32)30-8-5-12(6-9-30)13-3-4-14(23)17(24)16(13)22(25,26)27/h3-4,12,15,28H,5-11H2,1-2H3. The van der Waals surface area contributed by atoms with Crippen LogP contribution in [-0.2, 0) is 15.7 Å². The fraction of sp³-hybridized carbons (Fsp3) is 0.591. The topological polar surface area (TPSA) is 74.2 Å². The predicted octanol–water partition coefficient (Wildman–Crippen LogP) is 3.50. The van der Waals surface area contributed by atoms with E-state index in [1.165, 1.54) is 16.9 Å². The van der Waals surface area contributed by atoms with Crippen molar-refractivity contribution in [1.82, 2.24) is 15.2 Å². The molecule has 2 atom stereocenters. The Morgan fingerprint density at radius 1 is 1.12 bits per heavy atom. The van der Waals surface area contributed by atoms with Gasteiger partial charge in [0, 0.05) is 26.2 Å². The number of rotatable bonds is 2. The fourth-order valence-corrected chi connectivity index (χ4v) is 5.22. The number of fused-ring (bicyclic) bond motifs is 1. The highest BCUT2D eigenvalue weighted by Gasteiger charge is 2.52. The average Bonchev–Trinajstić information content (AvgIpc) is 3.15.